The minimum absolute atomic E-state index is 0.282. The number of hydrogen-bond donors (Lipinski definition) is 3. The minimum Gasteiger partial charge on any atom is -0.383 e. The molecule has 0 amide bonds. The molecule has 0 atom stereocenters. The summed E-state index contributed by atoms with van der Waals surface area (Å²) in [6, 6.07) is 3.78. The van der Waals surface area contributed by atoms with Crippen LogP contribution in [0.3, 0.4) is 0 Å². The van der Waals surface area contributed by atoms with Gasteiger partial charge in [0.05, 0.1) is 5.69 Å². The molecule has 6 heteroatoms. The highest BCUT2D eigenvalue weighted by Gasteiger charge is 2.08. The van der Waals surface area contributed by atoms with Crippen LogP contribution in [0.25, 0.3) is 0 Å². The standard InChI is InChI=1S/C13H18N6/c1-3-10-8(2)12(19-13(15)18-10)17-7-9-5-4-6-16-11(9)14/h4-6H,3,7H2,1-2H3,(H2,14,16)(H3,15,17,18,19). The van der Waals surface area contributed by atoms with Crippen molar-refractivity contribution >= 4 is 17.6 Å². The summed E-state index contributed by atoms with van der Waals surface area (Å²) in [5, 5.41) is 3.23. The van der Waals surface area contributed by atoms with Crippen molar-refractivity contribution in [3.05, 3.63) is 35.2 Å². The zero-order valence-corrected chi connectivity index (χ0v) is 11.1. The average Bonchev–Trinajstić information content (AvgIpc) is 2.41. The fourth-order valence-corrected chi connectivity index (χ4v) is 1.88. The van der Waals surface area contributed by atoms with E-state index in [2.05, 4.69) is 20.3 Å². The van der Waals surface area contributed by atoms with E-state index in [4.69, 9.17) is 11.5 Å². The first-order valence-electron chi connectivity index (χ1n) is 6.18. The minimum atomic E-state index is 0.282. The fourth-order valence-electron chi connectivity index (χ4n) is 1.88. The number of nitrogen functional groups attached to an aromatic ring is 2. The van der Waals surface area contributed by atoms with Crippen LogP contribution in [0.1, 0.15) is 23.7 Å². The highest BCUT2D eigenvalue weighted by atomic mass is 15.1. The van der Waals surface area contributed by atoms with Gasteiger partial charge in [0.1, 0.15) is 11.6 Å². The molecule has 0 fully saturated rings. The monoisotopic (exact) mass is 258 g/mol. The van der Waals surface area contributed by atoms with Crippen molar-refractivity contribution in [3.63, 3.8) is 0 Å². The van der Waals surface area contributed by atoms with E-state index in [1.165, 1.54) is 0 Å². The first-order valence-corrected chi connectivity index (χ1v) is 6.18. The molecule has 2 heterocycles. The molecule has 2 aromatic heterocycles. The molecule has 0 saturated heterocycles. The molecule has 0 aromatic carbocycles. The molecule has 2 aromatic rings. The predicted octanol–water partition coefficient (Wildman–Crippen LogP) is 1.52. The van der Waals surface area contributed by atoms with Crippen LogP contribution in [0.4, 0.5) is 17.6 Å². The van der Waals surface area contributed by atoms with Gasteiger partial charge in [0.2, 0.25) is 5.95 Å². The van der Waals surface area contributed by atoms with Gasteiger partial charge in [0.15, 0.2) is 0 Å². The maximum atomic E-state index is 5.80. The van der Waals surface area contributed by atoms with Crippen LogP contribution < -0.4 is 16.8 Å². The van der Waals surface area contributed by atoms with E-state index in [0.29, 0.717) is 12.4 Å². The number of aromatic nitrogens is 3. The Bertz CT molecular complexity index is 581. The summed E-state index contributed by atoms with van der Waals surface area (Å²) < 4.78 is 0. The Kier molecular flexibility index (Phi) is 3.79. The van der Waals surface area contributed by atoms with E-state index < -0.39 is 0 Å². The van der Waals surface area contributed by atoms with Gasteiger partial charge in [-0.05, 0) is 19.4 Å². The third kappa shape index (κ3) is 2.90. The van der Waals surface area contributed by atoms with Crippen molar-refractivity contribution in [1.82, 2.24) is 15.0 Å². The van der Waals surface area contributed by atoms with Crippen molar-refractivity contribution in [3.8, 4) is 0 Å². The molecule has 6 nitrogen and oxygen atoms in total. The highest BCUT2D eigenvalue weighted by molar-refractivity contribution is 5.50. The summed E-state index contributed by atoms with van der Waals surface area (Å²) in [5.41, 5.74) is 14.4. The molecule has 0 spiro atoms. The summed E-state index contributed by atoms with van der Waals surface area (Å²) in [7, 11) is 0. The van der Waals surface area contributed by atoms with Crippen LogP contribution in [-0.2, 0) is 13.0 Å². The van der Waals surface area contributed by atoms with E-state index in [1.807, 2.05) is 26.0 Å². The molecular formula is C13H18N6. The Hall–Kier alpha value is -2.37. The second-order valence-electron chi connectivity index (χ2n) is 4.26. The molecule has 19 heavy (non-hydrogen) atoms. The lowest BCUT2D eigenvalue weighted by Crippen LogP contribution is -2.10. The molecule has 0 bridgehead atoms. The van der Waals surface area contributed by atoms with Crippen molar-refractivity contribution in [2.75, 3.05) is 16.8 Å². The summed E-state index contributed by atoms with van der Waals surface area (Å²) >= 11 is 0. The van der Waals surface area contributed by atoms with Gasteiger partial charge in [-0.2, -0.15) is 4.98 Å². The maximum absolute atomic E-state index is 5.80. The van der Waals surface area contributed by atoms with E-state index in [-0.39, 0.29) is 5.95 Å². The normalized spacial score (nSPS) is 10.4. The smallest absolute Gasteiger partial charge is 0.222 e. The first kappa shape index (κ1) is 13.1. The Balaban J connectivity index is 2.20. The van der Waals surface area contributed by atoms with Crippen LogP contribution in [-0.4, -0.2) is 15.0 Å². The number of aryl methyl sites for hydroxylation is 1. The predicted molar refractivity (Wildman–Crippen MR) is 76.5 cm³/mol. The van der Waals surface area contributed by atoms with Crippen molar-refractivity contribution < 1.29 is 0 Å². The SMILES string of the molecule is CCc1nc(N)nc(NCc2cccnc2N)c1C. The highest BCUT2D eigenvalue weighted by Crippen LogP contribution is 2.18. The number of pyridine rings is 1. The molecule has 0 aliphatic heterocycles. The van der Waals surface area contributed by atoms with E-state index in [0.717, 1.165) is 29.1 Å². The van der Waals surface area contributed by atoms with Gasteiger partial charge in [0.25, 0.3) is 0 Å². The van der Waals surface area contributed by atoms with E-state index >= 15 is 0 Å². The maximum Gasteiger partial charge on any atom is 0.222 e. The zero-order chi connectivity index (χ0) is 13.8. The number of nitrogens with zero attached hydrogens (tertiary/aromatic N) is 3. The van der Waals surface area contributed by atoms with Crippen LogP contribution in [0.5, 0.6) is 0 Å². The topological polar surface area (TPSA) is 103 Å². The molecule has 0 aliphatic carbocycles. The lowest BCUT2D eigenvalue weighted by molar-refractivity contribution is 0.968. The Morgan fingerprint density at radius 3 is 2.74 bits per heavy atom. The average molecular weight is 258 g/mol. The molecule has 0 radical (unpaired) electrons. The van der Waals surface area contributed by atoms with Crippen molar-refractivity contribution in [2.24, 2.45) is 0 Å². The molecule has 2 rings (SSSR count). The van der Waals surface area contributed by atoms with Crippen molar-refractivity contribution in [1.29, 1.82) is 0 Å². The van der Waals surface area contributed by atoms with Gasteiger partial charge in [-0.15, -0.1) is 0 Å². The van der Waals surface area contributed by atoms with Crippen LogP contribution >= 0.6 is 0 Å². The van der Waals surface area contributed by atoms with Gasteiger partial charge in [-0.25, -0.2) is 9.97 Å². The lowest BCUT2D eigenvalue weighted by Gasteiger charge is -2.12. The Morgan fingerprint density at radius 2 is 2.05 bits per heavy atom. The fraction of sp³-hybridized carbons (Fsp3) is 0.308. The van der Waals surface area contributed by atoms with E-state index in [1.54, 1.807) is 6.20 Å². The molecule has 0 aliphatic rings. The van der Waals surface area contributed by atoms with E-state index in [9.17, 15) is 0 Å². The zero-order valence-electron chi connectivity index (χ0n) is 11.1. The molecule has 100 valence electrons. The number of rotatable bonds is 4. The van der Waals surface area contributed by atoms with Crippen molar-refractivity contribution in [2.45, 2.75) is 26.8 Å². The number of nitrogens with two attached hydrogens (primary N) is 2. The molecule has 0 saturated carbocycles. The third-order valence-corrected chi connectivity index (χ3v) is 2.97. The quantitative estimate of drug-likeness (QED) is 0.768. The first-order chi connectivity index (χ1) is 9.11. The number of anilines is 3. The Morgan fingerprint density at radius 1 is 1.26 bits per heavy atom. The van der Waals surface area contributed by atoms with Gasteiger partial charge in [-0.3, -0.25) is 0 Å². The second-order valence-corrected chi connectivity index (χ2v) is 4.26. The van der Waals surface area contributed by atoms with Crippen LogP contribution in [0.15, 0.2) is 18.3 Å². The van der Waals surface area contributed by atoms with Gasteiger partial charge in [0, 0.05) is 23.9 Å². The largest absolute Gasteiger partial charge is 0.383 e. The Labute approximate surface area is 112 Å². The number of nitrogens with one attached hydrogen (secondary N) is 1. The van der Waals surface area contributed by atoms with Crippen LogP contribution in [0, 0.1) is 6.92 Å². The molecular weight excluding hydrogens is 240 g/mol. The molecule has 0 unspecified atom stereocenters. The molecule has 5 N–H and O–H groups in total. The summed E-state index contributed by atoms with van der Waals surface area (Å²) in [4.78, 5) is 12.5. The van der Waals surface area contributed by atoms with Crippen LogP contribution in [0.2, 0.25) is 0 Å². The lowest BCUT2D eigenvalue weighted by atomic mass is 10.2. The number of hydrogen-bond acceptors (Lipinski definition) is 6. The summed E-state index contributed by atoms with van der Waals surface area (Å²) in [6.45, 7) is 4.57. The van der Waals surface area contributed by atoms with Gasteiger partial charge >= 0.3 is 0 Å². The second kappa shape index (κ2) is 5.51. The van der Waals surface area contributed by atoms with Gasteiger partial charge in [-0.1, -0.05) is 13.0 Å². The summed E-state index contributed by atoms with van der Waals surface area (Å²) in [6.07, 6.45) is 2.49. The summed E-state index contributed by atoms with van der Waals surface area (Å²) in [5.74, 6) is 1.54. The third-order valence-electron chi connectivity index (χ3n) is 2.97. The van der Waals surface area contributed by atoms with Gasteiger partial charge < -0.3 is 16.8 Å².